The zero-order chi connectivity index (χ0) is 24.8. The monoisotopic (exact) mass is 480 g/mol. The van der Waals surface area contributed by atoms with Gasteiger partial charge in [-0.15, -0.1) is 0 Å². The number of carbonyl (C=O) groups is 2. The Balaban J connectivity index is 1.30. The van der Waals surface area contributed by atoms with Crippen LogP contribution in [0.4, 0.5) is 4.39 Å². The van der Waals surface area contributed by atoms with Gasteiger partial charge in [-0.05, 0) is 69.1 Å². The van der Waals surface area contributed by atoms with Gasteiger partial charge < -0.3 is 20.4 Å². The summed E-state index contributed by atoms with van der Waals surface area (Å²) in [4.78, 5) is 30.3. The SMILES string of the molecule is CCN1CCN(C(=O)[C@H](CCCN[C@@H]2C[C@H]2c2ccc(C)cc2)NC(=O)c2ccc(F)cc2)CC1. The molecule has 0 aromatic heterocycles. The summed E-state index contributed by atoms with van der Waals surface area (Å²) in [5, 5.41) is 6.54. The maximum absolute atomic E-state index is 13.3. The van der Waals surface area contributed by atoms with Gasteiger partial charge >= 0.3 is 0 Å². The van der Waals surface area contributed by atoms with Crippen LogP contribution in [-0.4, -0.2) is 73.0 Å². The number of halogens is 1. The van der Waals surface area contributed by atoms with Gasteiger partial charge in [0, 0.05) is 43.7 Å². The van der Waals surface area contributed by atoms with Crippen molar-refractivity contribution in [3.63, 3.8) is 0 Å². The Morgan fingerprint density at radius 1 is 1.03 bits per heavy atom. The van der Waals surface area contributed by atoms with Crippen molar-refractivity contribution in [2.75, 3.05) is 39.3 Å². The quantitative estimate of drug-likeness (QED) is 0.512. The van der Waals surface area contributed by atoms with Crippen molar-refractivity contribution in [3.8, 4) is 0 Å². The summed E-state index contributed by atoms with van der Waals surface area (Å²) in [6.07, 6.45) is 2.48. The number of benzene rings is 2. The van der Waals surface area contributed by atoms with Crippen molar-refractivity contribution in [1.82, 2.24) is 20.4 Å². The van der Waals surface area contributed by atoms with E-state index in [9.17, 15) is 14.0 Å². The molecule has 7 heteroatoms. The van der Waals surface area contributed by atoms with Gasteiger partial charge in [-0.3, -0.25) is 9.59 Å². The van der Waals surface area contributed by atoms with Crippen LogP contribution in [0, 0.1) is 12.7 Å². The van der Waals surface area contributed by atoms with Crippen LogP contribution >= 0.6 is 0 Å². The fraction of sp³-hybridized carbons (Fsp3) is 0.500. The number of hydrogen-bond donors (Lipinski definition) is 2. The van der Waals surface area contributed by atoms with Gasteiger partial charge in [0.05, 0.1) is 0 Å². The molecule has 1 aliphatic carbocycles. The molecule has 3 atom stereocenters. The normalized spacial score (nSPS) is 20.9. The van der Waals surface area contributed by atoms with E-state index in [0.717, 1.165) is 39.0 Å². The van der Waals surface area contributed by atoms with Crippen LogP contribution in [0.2, 0.25) is 0 Å². The lowest BCUT2D eigenvalue weighted by Crippen LogP contribution is -2.55. The first kappa shape index (κ1) is 25.3. The summed E-state index contributed by atoms with van der Waals surface area (Å²) < 4.78 is 13.3. The van der Waals surface area contributed by atoms with E-state index >= 15 is 0 Å². The zero-order valence-electron chi connectivity index (χ0n) is 20.8. The minimum Gasteiger partial charge on any atom is -0.340 e. The predicted molar refractivity (Wildman–Crippen MR) is 136 cm³/mol. The molecule has 0 unspecified atom stereocenters. The lowest BCUT2D eigenvalue weighted by atomic mass is 10.1. The number of nitrogens with one attached hydrogen (secondary N) is 2. The molecular formula is C28H37FN4O2. The van der Waals surface area contributed by atoms with Gasteiger partial charge in [0.2, 0.25) is 5.91 Å². The summed E-state index contributed by atoms with van der Waals surface area (Å²) in [5.74, 6) is -0.204. The van der Waals surface area contributed by atoms with Crippen LogP contribution in [0.25, 0.3) is 0 Å². The van der Waals surface area contributed by atoms with E-state index < -0.39 is 11.9 Å². The van der Waals surface area contributed by atoms with E-state index in [2.05, 4.69) is 53.6 Å². The molecule has 0 bridgehead atoms. The maximum Gasteiger partial charge on any atom is 0.251 e. The number of carbonyl (C=O) groups excluding carboxylic acids is 2. The summed E-state index contributed by atoms with van der Waals surface area (Å²) in [7, 11) is 0. The van der Waals surface area contributed by atoms with Gasteiger partial charge in [-0.25, -0.2) is 4.39 Å². The molecule has 0 spiro atoms. The number of amides is 2. The van der Waals surface area contributed by atoms with E-state index in [1.807, 2.05) is 4.90 Å². The molecule has 35 heavy (non-hydrogen) atoms. The van der Waals surface area contributed by atoms with Gasteiger partial charge in [-0.2, -0.15) is 0 Å². The average Bonchev–Trinajstić information content (AvgIpc) is 3.65. The van der Waals surface area contributed by atoms with Crippen molar-refractivity contribution in [3.05, 3.63) is 71.0 Å². The van der Waals surface area contributed by atoms with Crippen molar-refractivity contribution >= 4 is 11.8 Å². The third-order valence-electron chi connectivity index (χ3n) is 7.21. The summed E-state index contributed by atoms with van der Waals surface area (Å²) >= 11 is 0. The highest BCUT2D eigenvalue weighted by Gasteiger charge is 2.37. The minimum absolute atomic E-state index is 0.0276. The molecule has 188 valence electrons. The van der Waals surface area contributed by atoms with Crippen LogP contribution in [-0.2, 0) is 4.79 Å². The topological polar surface area (TPSA) is 64.7 Å². The third kappa shape index (κ3) is 6.89. The molecule has 6 nitrogen and oxygen atoms in total. The van der Waals surface area contributed by atoms with E-state index in [-0.39, 0.29) is 11.8 Å². The van der Waals surface area contributed by atoms with Crippen molar-refractivity contribution < 1.29 is 14.0 Å². The standard InChI is InChI=1S/C28H37FN4O2/c1-3-32-15-17-33(18-16-32)28(35)25(31-27(34)22-10-12-23(29)13-11-22)5-4-14-30-26-19-24(26)21-8-6-20(2)7-9-21/h6-13,24-26,30H,3-5,14-19H2,1-2H3,(H,31,34)/t24-,25-,26+/m0/s1. The molecular weight excluding hydrogens is 443 g/mol. The van der Waals surface area contributed by atoms with E-state index in [1.54, 1.807) is 0 Å². The molecule has 1 heterocycles. The number of hydrogen-bond acceptors (Lipinski definition) is 4. The fourth-order valence-corrected chi connectivity index (χ4v) is 4.80. The molecule has 1 aliphatic heterocycles. The second kappa shape index (κ2) is 11.8. The first-order chi connectivity index (χ1) is 16.9. The fourth-order valence-electron chi connectivity index (χ4n) is 4.80. The maximum atomic E-state index is 13.3. The van der Waals surface area contributed by atoms with Crippen LogP contribution in [0.15, 0.2) is 48.5 Å². The molecule has 4 rings (SSSR count). The Morgan fingerprint density at radius 3 is 2.37 bits per heavy atom. The smallest absolute Gasteiger partial charge is 0.251 e. The highest BCUT2D eigenvalue weighted by molar-refractivity contribution is 5.97. The van der Waals surface area contributed by atoms with Gasteiger partial charge in [0.25, 0.3) is 5.91 Å². The lowest BCUT2D eigenvalue weighted by molar-refractivity contribution is -0.135. The molecule has 2 aliphatic rings. The molecule has 2 N–H and O–H groups in total. The lowest BCUT2D eigenvalue weighted by Gasteiger charge is -2.36. The van der Waals surface area contributed by atoms with Crippen LogP contribution in [0.5, 0.6) is 0 Å². The Hall–Kier alpha value is -2.77. The second-order valence-electron chi connectivity index (χ2n) is 9.75. The Labute approximate surface area is 207 Å². The molecule has 2 amide bonds. The Bertz CT molecular complexity index is 987. The molecule has 2 aromatic carbocycles. The molecule has 2 fully saturated rings. The summed E-state index contributed by atoms with van der Waals surface area (Å²) in [5.41, 5.74) is 3.00. The van der Waals surface area contributed by atoms with E-state index in [4.69, 9.17) is 0 Å². The average molecular weight is 481 g/mol. The third-order valence-corrected chi connectivity index (χ3v) is 7.21. The Kier molecular flexibility index (Phi) is 8.52. The number of likely N-dealkylation sites (N-methyl/N-ethyl adjacent to an activating group) is 1. The van der Waals surface area contributed by atoms with Gasteiger partial charge in [0.1, 0.15) is 11.9 Å². The molecule has 2 aromatic rings. The first-order valence-electron chi connectivity index (χ1n) is 12.8. The van der Waals surface area contributed by atoms with Crippen molar-refractivity contribution in [1.29, 1.82) is 0 Å². The van der Waals surface area contributed by atoms with E-state index in [1.165, 1.54) is 35.4 Å². The minimum atomic E-state index is -0.588. The number of rotatable bonds is 10. The summed E-state index contributed by atoms with van der Waals surface area (Å²) in [6.45, 7) is 9.05. The predicted octanol–water partition coefficient (Wildman–Crippen LogP) is 3.32. The first-order valence-corrected chi connectivity index (χ1v) is 12.8. The largest absolute Gasteiger partial charge is 0.340 e. The molecule has 1 saturated carbocycles. The number of nitrogens with zero attached hydrogens (tertiary/aromatic N) is 2. The van der Waals surface area contributed by atoms with Gasteiger partial charge in [0.15, 0.2) is 0 Å². The van der Waals surface area contributed by atoms with Crippen molar-refractivity contribution in [2.45, 2.75) is 51.1 Å². The Morgan fingerprint density at radius 2 is 1.71 bits per heavy atom. The second-order valence-corrected chi connectivity index (χ2v) is 9.75. The molecule has 0 radical (unpaired) electrons. The van der Waals surface area contributed by atoms with Crippen LogP contribution in [0.1, 0.15) is 53.6 Å². The highest BCUT2D eigenvalue weighted by atomic mass is 19.1. The van der Waals surface area contributed by atoms with Crippen LogP contribution < -0.4 is 10.6 Å². The van der Waals surface area contributed by atoms with Crippen LogP contribution in [0.3, 0.4) is 0 Å². The summed E-state index contributed by atoms with van der Waals surface area (Å²) in [6, 6.07) is 14.0. The zero-order valence-corrected chi connectivity index (χ0v) is 20.8. The van der Waals surface area contributed by atoms with E-state index in [0.29, 0.717) is 37.0 Å². The van der Waals surface area contributed by atoms with Gasteiger partial charge in [-0.1, -0.05) is 36.8 Å². The van der Waals surface area contributed by atoms with Crippen molar-refractivity contribution in [2.24, 2.45) is 0 Å². The number of piperazine rings is 1. The highest BCUT2D eigenvalue weighted by Crippen LogP contribution is 2.40. The molecule has 1 saturated heterocycles. The number of aryl methyl sites for hydroxylation is 1.